The van der Waals surface area contributed by atoms with Gasteiger partial charge in [-0.3, -0.25) is 4.79 Å². The molecule has 0 radical (unpaired) electrons. The third-order valence-corrected chi connectivity index (χ3v) is 3.33. The van der Waals surface area contributed by atoms with E-state index < -0.39 is 11.4 Å². The summed E-state index contributed by atoms with van der Waals surface area (Å²) >= 11 is 0. The van der Waals surface area contributed by atoms with Crippen LogP contribution in [0, 0.1) is 5.41 Å². The van der Waals surface area contributed by atoms with Crippen LogP contribution in [0.3, 0.4) is 0 Å². The van der Waals surface area contributed by atoms with Crippen molar-refractivity contribution in [3.05, 3.63) is 12.7 Å². The Hall–Kier alpha value is -1.32. The molecule has 0 rings (SSSR count). The molecular formula is C16H30O4. The molecule has 1 N–H and O–H groups in total. The van der Waals surface area contributed by atoms with Gasteiger partial charge in [-0.05, 0) is 26.7 Å². The fraction of sp³-hybridized carbons (Fsp3) is 0.750. The first-order chi connectivity index (χ1) is 9.37. The smallest absolute Gasteiger partial charge is 0.330 e. The van der Waals surface area contributed by atoms with Gasteiger partial charge in [-0.1, -0.05) is 46.1 Å². The van der Waals surface area contributed by atoms with Crippen LogP contribution in [-0.2, 0) is 14.3 Å². The van der Waals surface area contributed by atoms with Crippen LogP contribution in [0.2, 0.25) is 0 Å². The first kappa shape index (κ1) is 21.0. The van der Waals surface area contributed by atoms with E-state index in [0.717, 1.165) is 25.3 Å². The van der Waals surface area contributed by atoms with Gasteiger partial charge in [-0.15, -0.1) is 0 Å². The first-order valence-electron chi connectivity index (χ1n) is 7.40. The standard InChI is InChI=1S/C11H22O2.C5H8O2/c1-4-6-7-8-9-11(3,5-2)10(12)13;1-3-5(6)7-4-2/h4-9H2,1-3H3,(H,12,13);3H,1,4H2,2H3. The SMILES string of the molecule is C=CC(=O)OCC.CCCCCCC(C)(CC)C(=O)O. The van der Waals surface area contributed by atoms with E-state index in [-0.39, 0.29) is 5.97 Å². The maximum atomic E-state index is 10.9. The summed E-state index contributed by atoms with van der Waals surface area (Å²) in [5.41, 5.74) is -0.492. The molecular weight excluding hydrogens is 256 g/mol. The number of unbranched alkanes of at least 4 members (excludes halogenated alkanes) is 3. The lowest BCUT2D eigenvalue weighted by atomic mass is 9.82. The fourth-order valence-corrected chi connectivity index (χ4v) is 1.58. The predicted octanol–water partition coefficient (Wildman–Crippen LogP) is 4.19. The normalized spacial score (nSPS) is 12.6. The lowest BCUT2D eigenvalue weighted by Gasteiger charge is -2.22. The minimum Gasteiger partial charge on any atom is -0.481 e. The van der Waals surface area contributed by atoms with Crippen LogP contribution in [0.1, 0.15) is 66.2 Å². The number of ether oxygens (including phenoxy) is 1. The highest BCUT2D eigenvalue weighted by molar-refractivity contribution is 5.81. The highest BCUT2D eigenvalue weighted by Gasteiger charge is 2.29. The van der Waals surface area contributed by atoms with E-state index in [0.29, 0.717) is 6.61 Å². The van der Waals surface area contributed by atoms with Crippen LogP contribution < -0.4 is 0 Å². The maximum Gasteiger partial charge on any atom is 0.330 e. The summed E-state index contributed by atoms with van der Waals surface area (Å²) in [6.07, 6.45) is 7.33. The summed E-state index contributed by atoms with van der Waals surface area (Å²) in [6, 6.07) is 0. The molecule has 0 saturated carbocycles. The molecule has 4 heteroatoms. The zero-order valence-corrected chi connectivity index (χ0v) is 13.4. The van der Waals surface area contributed by atoms with Gasteiger partial charge in [0.1, 0.15) is 0 Å². The lowest BCUT2D eigenvalue weighted by Crippen LogP contribution is -2.26. The maximum absolute atomic E-state index is 10.9. The second-order valence-corrected chi connectivity index (χ2v) is 4.99. The highest BCUT2D eigenvalue weighted by Crippen LogP contribution is 2.28. The van der Waals surface area contributed by atoms with Crippen molar-refractivity contribution in [2.24, 2.45) is 5.41 Å². The van der Waals surface area contributed by atoms with E-state index in [4.69, 9.17) is 5.11 Å². The number of aliphatic carboxylic acids is 1. The van der Waals surface area contributed by atoms with E-state index >= 15 is 0 Å². The second kappa shape index (κ2) is 12.7. The second-order valence-electron chi connectivity index (χ2n) is 4.99. The summed E-state index contributed by atoms with van der Waals surface area (Å²) < 4.78 is 4.43. The summed E-state index contributed by atoms with van der Waals surface area (Å²) in [5, 5.41) is 8.99. The van der Waals surface area contributed by atoms with Gasteiger partial charge in [0.05, 0.1) is 12.0 Å². The number of hydrogen-bond donors (Lipinski definition) is 1. The van der Waals surface area contributed by atoms with E-state index in [1.54, 1.807) is 6.92 Å². The van der Waals surface area contributed by atoms with Crippen LogP contribution in [0.25, 0.3) is 0 Å². The number of rotatable bonds is 9. The van der Waals surface area contributed by atoms with E-state index in [9.17, 15) is 9.59 Å². The molecule has 0 aliphatic rings. The molecule has 0 heterocycles. The Labute approximate surface area is 123 Å². The largest absolute Gasteiger partial charge is 0.481 e. The van der Waals surface area contributed by atoms with E-state index in [2.05, 4.69) is 18.2 Å². The molecule has 0 aliphatic heterocycles. The van der Waals surface area contributed by atoms with Gasteiger partial charge in [0.15, 0.2) is 0 Å². The van der Waals surface area contributed by atoms with E-state index in [1.165, 1.54) is 19.3 Å². The molecule has 0 aliphatic carbocycles. The van der Waals surface area contributed by atoms with Gasteiger partial charge in [-0.2, -0.15) is 0 Å². The predicted molar refractivity (Wildman–Crippen MR) is 81.6 cm³/mol. The van der Waals surface area contributed by atoms with Crippen molar-refractivity contribution >= 4 is 11.9 Å². The summed E-state index contributed by atoms with van der Waals surface area (Å²) in [7, 11) is 0. The molecule has 0 amide bonds. The minimum atomic E-state index is -0.647. The Balaban J connectivity index is 0. The van der Waals surface area contributed by atoms with Crippen molar-refractivity contribution in [3.8, 4) is 0 Å². The Bertz CT molecular complexity index is 286. The van der Waals surface area contributed by atoms with Gasteiger partial charge < -0.3 is 9.84 Å². The molecule has 0 bridgehead atoms. The monoisotopic (exact) mass is 286 g/mol. The average Bonchev–Trinajstić information content (AvgIpc) is 2.44. The summed E-state index contributed by atoms with van der Waals surface area (Å²) in [6.45, 7) is 11.3. The number of carbonyl (C=O) groups is 2. The quantitative estimate of drug-likeness (QED) is 0.392. The molecule has 0 aromatic carbocycles. The zero-order chi connectivity index (χ0) is 16.0. The number of carboxylic acid groups (broad SMARTS) is 1. The van der Waals surface area contributed by atoms with Crippen LogP contribution in [-0.4, -0.2) is 23.7 Å². The van der Waals surface area contributed by atoms with Crippen LogP contribution >= 0.6 is 0 Å². The van der Waals surface area contributed by atoms with E-state index in [1.807, 2.05) is 13.8 Å². The molecule has 0 spiro atoms. The van der Waals surface area contributed by atoms with Crippen molar-refractivity contribution in [1.82, 2.24) is 0 Å². The lowest BCUT2D eigenvalue weighted by molar-refractivity contribution is -0.148. The Morgan fingerprint density at radius 2 is 1.80 bits per heavy atom. The fourth-order valence-electron chi connectivity index (χ4n) is 1.58. The van der Waals surface area contributed by atoms with Gasteiger partial charge in [0.25, 0.3) is 0 Å². The molecule has 0 saturated heterocycles. The third-order valence-electron chi connectivity index (χ3n) is 3.33. The number of carbonyl (C=O) groups excluding carboxylic acids is 1. The first-order valence-corrected chi connectivity index (χ1v) is 7.40. The van der Waals surface area contributed by atoms with Crippen LogP contribution in [0.15, 0.2) is 12.7 Å². The Kier molecular flexibility index (Phi) is 13.3. The summed E-state index contributed by atoms with van der Waals surface area (Å²) in [5.74, 6) is -1.01. The van der Waals surface area contributed by atoms with Crippen molar-refractivity contribution in [3.63, 3.8) is 0 Å². The molecule has 0 aromatic heterocycles. The Morgan fingerprint density at radius 3 is 2.10 bits per heavy atom. The van der Waals surface area contributed by atoms with Crippen molar-refractivity contribution in [2.45, 2.75) is 66.2 Å². The molecule has 0 aromatic rings. The van der Waals surface area contributed by atoms with Gasteiger partial charge in [0, 0.05) is 6.08 Å². The third kappa shape index (κ3) is 10.6. The molecule has 1 atom stereocenters. The highest BCUT2D eigenvalue weighted by atomic mass is 16.5. The molecule has 1 unspecified atom stereocenters. The zero-order valence-electron chi connectivity index (χ0n) is 13.4. The number of esters is 1. The van der Waals surface area contributed by atoms with Gasteiger partial charge in [-0.25, -0.2) is 4.79 Å². The van der Waals surface area contributed by atoms with Gasteiger partial charge >= 0.3 is 11.9 Å². The topological polar surface area (TPSA) is 63.6 Å². The van der Waals surface area contributed by atoms with Crippen LogP contribution in [0.4, 0.5) is 0 Å². The molecule has 0 fully saturated rings. The molecule has 20 heavy (non-hydrogen) atoms. The minimum absolute atomic E-state index is 0.359. The molecule has 118 valence electrons. The number of hydrogen-bond acceptors (Lipinski definition) is 3. The van der Waals surface area contributed by atoms with Gasteiger partial charge in [0.2, 0.25) is 0 Å². The Morgan fingerprint density at radius 1 is 1.20 bits per heavy atom. The van der Waals surface area contributed by atoms with Crippen molar-refractivity contribution in [1.29, 1.82) is 0 Å². The number of carboxylic acids is 1. The van der Waals surface area contributed by atoms with Crippen molar-refractivity contribution in [2.75, 3.05) is 6.61 Å². The van der Waals surface area contributed by atoms with Crippen LogP contribution in [0.5, 0.6) is 0 Å². The summed E-state index contributed by atoms with van der Waals surface area (Å²) in [4.78, 5) is 21.0. The average molecular weight is 286 g/mol. The molecule has 4 nitrogen and oxygen atoms in total. The van der Waals surface area contributed by atoms with Crippen molar-refractivity contribution < 1.29 is 19.4 Å².